The van der Waals surface area contributed by atoms with Crippen LogP contribution in [0.5, 0.6) is 0 Å². The molecule has 0 unspecified atom stereocenters. The third kappa shape index (κ3) is 2.86. The normalized spacial score (nSPS) is 11.0. The summed E-state index contributed by atoms with van der Waals surface area (Å²) >= 11 is 0. The molecule has 0 radical (unpaired) electrons. The molecule has 0 spiro atoms. The lowest BCUT2D eigenvalue weighted by Crippen LogP contribution is -2.31. The average Bonchev–Trinajstić information content (AvgIpc) is 2.14. The first kappa shape index (κ1) is 12.3. The molecule has 6 heteroatoms. The molecule has 16 heavy (non-hydrogen) atoms. The number of hydrogen-bond donors (Lipinski definition) is 0. The van der Waals surface area contributed by atoms with Crippen LogP contribution in [0, 0.1) is 17.1 Å². The molecule has 0 heterocycles. The predicted molar refractivity (Wildman–Crippen MR) is 50.4 cm³/mol. The fraction of sp³-hybridized carbons (Fsp3) is 0.300. The zero-order valence-corrected chi connectivity index (χ0v) is 8.35. The molecule has 0 aromatic heterocycles. The third-order valence-electron chi connectivity index (χ3n) is 1.93. The number of nitrogens with zero attached hydrogens (tertiary/aromatic N) is 2. The van der Waals surface area contributed by atoms with Gasteiger partial charge in [0.25, 0.3) is 0 Å². The minimum atomic E-state index is -4.40. The molecule has 1 aromatic rings. The Bertz CT molecular complexity index is 420. The van der Waals surface area contributed by atoms with E-state index >= 15 is 0 Å². The number of rotatable bonds is 2. The van der Waals surface area contributed by atoms with Crippen LogP contribution in [0.2, 0.25) is 0 Å². The number of anilines is 1. The van der Waals surface area contributed by atoms with Crippen LogP contribution in [-0.4, -0.2) is 19.8 Å². The molecule has 0 N–H and O–H groups in total. The van der Waals surface area contributed by atoms with Gasteiger partial charge in [-0.1, -0.05) is 6.07 Å². The summed E-state index contributed by atoms with van der Waals surface area (Å²) < 4.78 is 49.4. The number of nitriles is 1. The van der Waals surface area contributed by atoms with Crippen LogP contribution < -0.4 is 4.90 Å². The lowest BCUT2D eigenvalue weighted by molar-refractivity contribution is -0.119. The van der Waals surface area contributed by atoms with E-state index in [4.69, 9.17) is 5.26 Å². The quantitative estimate of drug-likeness (QED) is 0.733. The van der Waals surface area contributed by atoms with Crippen molar-refractivity contribution in [3.63, 3.8) is 0 Å². The summed E-state index contributed by atoms with van der Waals surface area (Å²) in [6, 6.07) is 5.11. The highest BCUT2D eigenvalue weighted by Gasteiger charge is 2.30. The van der Waals surface area contributed by atoms with Gasteiger partial charge in [0.05, 0.1) is 5.69 Å². The van der Waals surface area contributed by atoms with Crippen LogP contribution in [0.3, 0.4) is 0 Å². The molecule has 0 atom stereocenters. The molecule has 2 nitrogen and oxygen atoms in total. The van der Waals surface area contributed by atoms with Gasteiger partial charge in [-0.3, -0.25) is 0 Å². The third-order valence-corrected chi connectivity index (χ3v) is 1.93. The first-order chi connectivity index (χ1) is 7.35. The van der Waals surface area contributed by atoms with E-state index in [1.807, 2.05) is 0 Å². The summed E-state index contributed by atoms with van der Waals surface area (Å²) in [5.41, 5.74) is -0.450. The van der Waals surface area contributed by atoms with E-state index in [9.17, 15) is 17.6 Å². The maximum atomic E-state index is 13.1. The van der Waals surface area contributed by atoms with Gasteiger partial charge in [0.15, 0.2) is 0 Å². The smallest absolute Gasteiger partial charge is 0.365 e. The van der Waals surface area contributed by atoms with E-state index in [0.29, 0.717) is 0 Å². The van der Waals surface area contributed by atoms with Crippen molar-refractivity contribution in [1.29, 1.82) is 5.26 Å². The maximum Gasteiger partial charge on any atom is 0.405 e. The number of halogens is 4. The van der Waals surface area contributed by atoms with Crippen molar-refractivity contribution in [3.8, 4) is 6.07 Å². The van der Waals surface area contributed by atoms with Crippen LogP contribution in [0.15, 0.2) is 18.2 Å². The van der Waals surface area contributed by atoms with Crippen molar-refractivity contribution in [2.24, 2.45) is 0 Å². The van der Waals surface area contributed by atoms with Crippen molar-refractivity contribution in [2.75, 3.05) is 18.5 Å². The molecule has 0 saturated carbocycles. The van der Waals surface area contributed by atoms with Crippen LogP contribution in [0.1, 0.15) is 5.56 Å². The SMILES string of the molecule is CN(CC(F)(F)F)c1cccc(F)c1C#N. The number of alkyl halides is 3. The van der Waals surface area contributed by atoms with Crippen LogP contribution in [-0.2, 0) is 0 Å². The van der Waals surface area contributed by atoms with Gasteiger partial charge in [-0.15, -0.1) is 0 Å². The molecule has 0 bridgehead atoms. The van der Waals surface area contributed by atoms with Gasteiger partial charge in [0.2, 0.25) is 0 Å². The lowest BCUT2D eigenvalue weighted by Gasteiger charge is -2.21. The average molecular weight is 232 g/mol. The minimum absolute atomic E-state index is 0.0696. The van der Waals surface area contributed by atoms with E-state index < -0.39 is 18.5 Å². The second kappa shape index (κ2) is 4.39. The van der Waals surface area contributed by atoms with E-state index in [1.165, 1.54) is 12.1 Å². The molecule has 0 aliphatic heterocycles. The van der Waals surface area contributed by atoms with Gasteiger partial charge in [-0.2, -0.15) is 18.4 Å². The summed E-state index contributed by atoms with van der Waals surface area (Å²) in [6.07, 6.45) is -4.40. The highest BCUT2D eigenvalue weighted by atomic mass is 19.4. The molecule has 0 aliphatic carbocycles. The zero-order chi connectivity index (χ0) is 12.3. The maximum absolute atomic E-state index is 13.1. The van der Waals surface area contributed by atoms with Crippen molar-refractivity contribution in [3.05, 3.63) is 29.6 Å². The largest absolute Gasteiger partial charge is 0.405 e. The van der Waals surface area contributed by atoms with Crippen LogP contribution in [0.25, 0.3) is 0 Å². The second-order valence-corrected chi connectivity index (χ2v) is 3.22. The van der Waals surface area contributed by atoms with Gasteiger partial charge in [0.1, 0.15) is 24.0 Å². The monoisotopic (exact) mass is 232 g/mol. The highest BCUT2D eigenvalue weighted by molar-refractivity contribution is 5.59. The molecule has 0 aliphatic rings. The first-order valence-electron chi connectivity index (χ1n) is 4.31. The van der Waals surface area contributed by atoms with Gasteiger partial charge in [0, 0.05) is 7.05 Å². The highest BCUT2D eigenvalue weighted by Crippen LogP contribution is 2.25. The Morgan fingerprint density at radius 3 is 2.50 bits per heavy atom. The number of hydrogen-bond acceptors (Lipinski definition) is 2. The van der Waals surface area contributed by atoms with Gasteiger partial charge in [-0.05, 0) is 12.1 Å². The molecule has 1 aromatic carbocycles. The molecule has 0 fully saturated rings. The summed E-state index contributed by atoms with van der Waals surface area (Å²) in [4.78, 5) is 0.793. The minimum Gasteiger partial charge on any atom is -0.365 e. The van der Waals surface area contributed by atoms with Crippen molar-refractivity contribution >= 4 is 5.69 Å². The summed E-state index contributed by atoms with van der Waals surface area (Å²) in [5, 5.41) is 8.65. The first-order valence-corrected chi connectivity index (χ1v) is 4.31. The molecule has 1 rings (SSSR count). The van der Waals surface area contributed by atoms with E-state index in [0.717, 1.165) is 18.0 Å². The van der Waals surface area contributed by atoms with Crippen molar-refractivity contribution in [1.82, 2.24) is 0 Å². The van der Waals surface area contributed by atoms with Gasteiger partial charge < -0.3 is 4.90 Å². The molecular weight excluding hydrogens is 224 g/mol. The second-order valence-electron chi connectivity index (χ2n) is 3.22. The van der Waals surface area contributed by atoms with Crippen LogP contribution in [0.4, 0.5) is 23.2 Å². The van der Waals surface area contributed by atoms with Crippen molar-refractivity contribution < 1.29 is 17.6 Å². The van der Waals surface area contributed by atoms with Gasteiger partial charge >= 0.3 is 6.18 Å². The fourth-order valence-corrected chi connectivity index (χ4v) is 1.30. The fourth-order valence-electron chi connectivity index (χ4n) is 1.30. The number of benzene rings is 1. The van der Waals surface area contributed by atoms with E-state index in [2.05, 4.69) is 0 Å². The van der Waals surface area contributed by atoms with Gasteiger partial charge in [-0.25, -0.2) is 4.39 Å². The topological polar surface area (TPSA) is 27.0 Å². The zero-order valence-electron chi connectivity index (χ0n) is 8.35. The predicted octanol–water partition coefficient (Wildman–Crippen LogP) is 2.70. The van der Waals surface area contributed by atoms with E-state index in [-0.39, 0.29) is 11.3 Å². The Hall–Kier alpha value is -1.77. The van der Waals surface area contributed by atoms with Crippen molar-refractivity contribution in [2.45, 2.75) is 6.18 Å². The molecule has 86 valence electrons. The van der Waals surface area contributed by atoms with E-state index in [1.54, 1.807) is 6.07 Å². The summed E-state index contributed by atoms with van der Waals surface area (Å²) in [6.45, 7) is -1.23. The molecular formula is C10H8F4N2. The Kier molecular flexibility index (Phi) is 3.38. The Balaban J connectivity index is 3.05. The summed E-state index contributed by atoms with van der Waals surface area (Å²) in [5.74, 6) is -0.825. The summed E-state index contributed by atoms with van der Waals surface area (Å²) in [7, 11) is 1.16. The molecule has 0 amide bonds. The Morgan fingerprint density at radius 2 is 2.00 bits per heavy atom. The van der Waals surface area contributed by atoms with Crippen LogP contribution >= 0.6 is 0 Å². The Morgan fingerprint density at radius 1 is 1.38 bits per heavy atom. The lowest BCUT2D eigenvalue weighted by atomic mass is 10.1. The standard InChI is InChI=1S/C10H8F4N2/c1-16(6-10(12,13)14)9-4-2-3-8(11)7(9)5-15/h2-4H,6H2,1H3. The Labute approximate surface area is 89.7 Å². The molecule has 0 saturated heterocycles.